The number of ether oxygens (including phenoxy) is 1. The van der Waals surface area contributed by atoms with Crippen molar-refractivity contribution in [2.45, 2.75) is 6.42 Å². The lowest BCUT2D eigenvalue weighted by Crippen LogP contribution is -2.15. The van der Waals surface area contributed by atoms with Crippen LogP contribution in [0.15, 0.2) is 36.4 Å². The van der Waals surface area contributed by atoms with Crippen LogP contribution in [0.1, 0.15) is 5.56 Å². The fraction of sp³-hybridized carbons (Fsp3) is 0.133. The van der Waals surface area contributed by atoms with Gasteiger partial charge in [-0.1, -0.05) is 29.3 Å². The quantitative estimate of drug-likeness (QED) is 0.647. The van der Waals surface area contributed by atoms with Crippen molar-refractivity contribution in [3.8, 4) is 5.75 Å². The second-order valence-electron chi connectivity index (χ2n) is 4.57. The van der Waals surface area contributed by atoms with E-state index in [0.29, 0.717) is 21.3 Å². The number of nitrogens with one attached hydrogen (secondary N) is 1. The highest BCUT2D eigenvalue weighted by Gasteiger charge is 2.15. The van der Waals surface area contributed by atoms with Crippen LogP contribution in [-0.2, 0) is 11.2 Å². The largest absolute Gasteiger partial charge is 0.494 e. The number of hydrogen-bond donors (Lipinski definition) is 1. The molecule has 0 aliphatic rings. The average Bonchev–Trinajstić information content (AvgIpc) is 2.51. The van der Waals surface area contributed by atoms with E-state index in [1.807, 2.05) is 0 Å². The first kappa shape index (κ1) is 17.1. The Kier molecular flexibility index (Phi) is 5.41. The van der Waals surface area contributed by atoms with Crippen molar-refractivity contribution in [1.82, 2.24) is 0 Å². The number of rotatable bonds is 5. The van der Waals surface area contributed by atoms with Gasteiger partial charge in [0.2, 0.25) is 5.91 Å². The number of halogens is 2. The van der Waals surface area contributed by atoms with Crippen molar-refractivity contribution in [2.24, 2.45) is 0 Å². The minimum Gasteiger partial charge on any atom is -0.494 e. The van der Waals surface area contributed by atoms with E-state index in [9.17, 15) is 14.9 Å². The third kappa shape index (κ3) is 4.12. The molecule has 0 aliphatic heterocycles. The predicted octanol–water partition coefficient (Wildman–Crippen LogP) is 4.09. The molecule has 2 aromatic rings. The Bertz CT molecular complexity index is 745. The average molecular weight is 355 g/mol. The monoisotopic (exact) mass is 354 g/mol. The highest BCUT2D eigenvalue weighted by molar-refractivity contribution is 6.36. The number of nitro benzene ring substituents is 1. The van der Waals surface area contributed by atoms with Gasteiger partial charge in [0.25, 0.3) is 5.69 Å². The molecule has 8 heteroatoms. The lowest BCUT2D eigenvalue weighted by atomic mass is 10.1. The number of non-ortho nitro benzene ring substituents is 1. The molecule has 120 valence electrons. The Morgan fingerprint density at radius 1 is 1.26 bits per heavy atom. The van der Waals surface area contributed by atoms with Crippen LogP contribution in [0.25, 0.3) is 0 Å². The maximum absolute atomic E-state index is 12.2. The van der Waals surface area contributed by atoms with Gasteiger partial charge in [0.15, 0.2) is 0 Å². The van der Waals surface area contributed by atoms with Crippen LogP contribution < -0.4 is 10.1 Å². The van der Waals surface area contributed by atoms with Crippen molar-refractivity contribution in [3.05, 3.63) is 62.1 Å². The van der Waals surface area contributed by atoms with Gasteiger partial charge in [0.05, 0.1) is 30.2 Å². The number of anilines is 1. The molecule has 0 atom stereocenters. The molecule has 0 fully saturated rings. The smallest absolute Gasteiger partial charge is 0.273 e. The Balaban J connectivity index is 2.19. The van der Waals surface area contributed by atoms with Gasteiger partial charge in [-0.05, 0) is 23.8 Å². The van der Waals surface area contributed by atoms with E-state index in [-0.39, 0.29) is 23.8 Å². The number of nitro groups is 1. The SMILES string of the molecule is COc1cc([N+](=O)[O-])ccc1NC(=O)Cc1c(Cl)cccc1Cl. The molecule has 23 heavy (non-hydrogen) atoms. The zero-order chi connectivity index (χ0) is 17.0. The minimum atomic E-state index is -0.544. The summed E-state index contributed by atoms with van der Waals surface area (Å²) in [5, 5.41) is 14.2. The van der Waals surface area contributed by atoms with Crippen LogP contribution in [0, 0.1) is 10.1 Å². The number of amides is 1. The minimum absolute atomic E-state index is 0.0291. The molecule has 2 rings (SSSR count). The van der Waals surface area contributed by atoms with Crippen LogP contribution in [0.5, 0.6) is 5.75 Å². The molecule has 0 saturated heterocycles. The van der Waals surface area contributed by atoms with Crippen LogP contribution in [-0.4, -0.2) is 17.9 Å². The van der Waals surface area contributed by atoms with E-state index in [0.717, 1.165) is 0 Å². The molecule has 6 nitrogen and oxygen atoms in total. The van der Waals surface area contributed by atoms with Crippen molar-refractivity contribution >= 4 is 40.5 Å². The Labute approximate surface area is 142 Å². The van der Waals surface area contributed by atoms with E-state index in [1.54, 1.807) is 18.2 Å². The fourth-order valence-corrected chi connectivity index (χ4v) is 2.48. The summed E-state index contributed by atoms with van der Waals surface area (Å²) in [5.74, 6) is -0.176. The van der Waals surface area contributed by atoms with Crippen molar-refractivity contribution in [1.29, 1.82) is 0 Å². The lowest BCUT2D eigenvalue weighted by molar-refractivity contribution is -0.384. The number of benzene rings is 2. The van der Waals surface area contributed by atoms with Gasteiger partial charge in [-0.3, -0.25) is 14.9 Å². The highest BCUT2D eigenvalue weighted by Crippen LogP contribution is 2.30. The zero-order valence-corrected chi connectivity index (χ0v) is 13.5. The van der Waals surface area contributed by atoms with Gasteiger partial charge < -0.3 is 10.1 Å². The van der Waals surface area contributed by atoms with Crippen LogP contribution in [0.4, 0.5) is 11.4 Å². The number of hydrogen-bond acceptors (Lipinski definition) is 4. The topological polar surface area (TPSA) is 81.5 Å². The van der Waals surface area contributed by atoms with Gasteiger partial charge in [0, 0.05) is 16.1 Å². The highest BCUT2D eigenvalue weighted by atomic mass is 35.5. The summed E-state index contributed by atoms with van der Waals surface area (Å²) in [5.41, 5.74) is 0.703. The molecule has 0 radical (unpaired) electrons. The number of nitrogens with zero attached hydrogens (tertiary/aromatic N) is 1. The number of carbonyl (C=O) groups excluding carboxylic acids is 1. The zero-order valence-electron chi connectivity index (χ0n) is 12.0. The van der Waals surface area contributed by atoms with Gasteiger partial charge in [0.1, 0.15) is 5.75 Å². The molecule has 2 aromatic carbocycles. The first-order valence-electron chi connectivity index (χ1n) is 6.47. The molecule has 0 unspecified atom stereocenters. The number of methoxy groups -OCH3 is 1. The first-order valence-corrected chi connectivity index (χ1v) is 7.23. The molecule has 0 heterocycles. The van der Waals surface area contributed by atoms with E-state index in [4.69, 9.17) is 27.9 Å². The molecule has 0 saturated carbocycles. The third-order valence-corrected chi connectivity index (χ3v) is 3.78. The summed E-state index contributed by atoms with van der Waals surface area (Å²) in [7, 11) is 1.36. The number of carbonyl (C=O) groups is 1. The summed E-state index contributed by atoms with van der Waals surface area (Å²) in [6.45, 7) is 0. The summed E-state index contributed by atoms with van der Waals surface area (Å²) in [6.07, 6.45) is -0.0291. The summed E-state index contributed by atoms with van der Waals surface area (Å²) in [4.78, 5) is 22.4. The third-order valence-electron chi connectivity index (χ3n) is 3.07. The molecule has 0 spiro atoms. The second kappa shape index (κ2) is 7.30. The molecule has 0 aliphatic carbocycles. The second-order valence-corrected chi connectivity index (χ2v) is 5.38. The Morgan fingerprint density at radius 2 is 1.91 bits per heavy atom. The van der Waals surface area contributed by atoms with Crippen LogP contribution in [0.3, 0.4) is 0 Å². The Hall–Kier alpha value is -2.31. The molecule has 1 amide bonds. The van der Waals surface area contributed by atoms with Gasteiger partial charge in [-0.15, -0.1) is 0 Å². The van der Waals surface area contributed by atoms with Crippen molar-refractivity contribution < 1.29 is 14.5 Å². The van der Waals surface area contributed by atoms with Gasteiger partial charge >= 0.3 is 0 Å². The summed E-state index contributed by atoms with van der Waals surface area (Å²) < 4.78 is 5.06. The van der Waals surface area contributed by atoms with Gasteiger partial charge in [-0.2, -0.15) is 0 Å². The first-order chi connectivity index (χ1) is 10.9. The van der Waals surface area contributed by atoms with E-state index >= 15 is 0 Å². The molecular weight excluding hydrogens is 343 g/mol. The van der Waals surface area contributed by atoms with E-state index < -0.39 is 4.92 Å². The van der Waals surface area contributed by atoms with E-state index in [1.165, 1.54) is 25.3 Å². The lowest BCUT2D eigenvalue weighted by Gasteiger charge is -2.11. The van der Waals surface area contributed by atoms with Crippen LogP contribution in [0.2, 0.25) is 10.0 Å². The van der Waals surface area contributed by atoms with Crippen LogP contribution >= 0.6 is 23.2 Å². The molecule has 0 bridgehead atoms. The maximum atomic E-state index is 12.2. The molecule has 0 aromatic heterocycles. The fourth-order valence-electron chi connectivity index (χ4n) is 1.95. The summed E-state index contributed by atoms with van der Waals surface area (Å²) in [6, 6.07) is 8.89. The van der Waals surface area contributed by atoms with Crippen molar-refractivity contribution in [2.75, 3.05) is 12.4 Å². The summed E-state index contributed by atoms with van der Waals surface area (Å²) >= 11 is 12.1. The van der Waals surface area contributed by atoms with Crippen molar-refractivity contribution in [3.63, 3.8) is 0 Å². The normalized spacial score (nSPS) is 10.2. The molecular formula is C15H12Cl2N2O4. The predicted molar refractivity (Wildman–Crippen MR) is 88.4 cm³/mol. The van der Waals surface area contributed by atoms with Gasteiger partial charge in [-0.25, -0.2) is 0 Å². The van der Waals surface area contributed by atoms with E-state index in [2.05, 4.69) is 5.32 Å². The standard InChI is InChI=1S/C15H12Cl2N2O4/c1-23-14-7-9(19(21)22)5-6-13(14)18-15(20)8-10-11(16)3-2-4-12(10)17/h2-7H,8H2,1H3,(H,18,20). The maximum Gasteiger partial charge on any atom is 0.273 e. The molecule has 1 N–H and O–H groups in total. The Morgan fingerprint density at radius 3 is 2.48 bits per heavy atom.